The minimum absolute atomic E-state index is 0.00459. The summed E-state index contributed by atoms with van der Waals surface area (Å²) in [4.78, 5) is 27.0. The summed E-state index contributed by atoms with van der Waals surface area (Å²) in [6, 6.07) is 14.2. The molecule has 36 heavy (non-hydrogen) atoms. The number of ketones is 1. The van der Waals surface area contributed by atoms with Gasteiger partial charge in [-0.1, -0.05) is 71.4 Å². The lowest BCUT2D eigenvalue weighted by atomic mass is 9.87. The van der Waals surface area contributed by atoms with Gasteiger partial charge >= 0.3 is 0 Å². The molecule has 0 fully saturated rings. The molecule has 1 aromatic heterocycles. The molecule has 0 spiro atoms. The van der Waals surface area contributed by atoms with E-state index in [4.69, 9.17) is 0 Å². The second-order valence-electron chi connectivity index (χ2n) is 10.6. The first-order valence-electron chi connectivity index (χ1n) is 12.3. The van der Waals surface area contributed by atoms with Gasteiger partial charge in [-0.15, -0.1) is 0 Å². The highest BCUT2D eigenvalue weighted by molar-refractivity contribution is 7.89. The molecule has 0 saturated carbocycles. The highest BCUT2D eigenvalue weighted by atomic mass is 32.2. The quantitative estimate of drug-likeness (QED) is 0.401. The molecule has 0 atom stereocenters. The van der Waals surface area contributed by atoms with Crippen LogP contribution in [0.25, 0.3) is 5.69 Å². The van der Waals surface area contributed by atoms with Crippen molar-refractivity contribution >= 4 is 15.8 Å². The predicted molar refractivity (Wildman–Crippen MR) is 144 cm³/mol. The van der Waals surface area contributed by atoms with E-state index < -0.39 is 27.9 Å². The molecule has 8 heteroatoms. The number of aryl methyl sites for hydroxylation is 1. The molecule has 3 aromatic rings. The molecule has 0 bridgehead atoms. The minimum Gasteiger partial charge on any atom is -0.294 e. The number of Topliss-reactive ketones (excluding diaryl/α,β-unsaturated/α-hetero) is 1. The second-order valence-corrected chi connectivity index (χ2v) is 12.5. The zero-order chi connectivity index (χ0) is 26.8. The lowest BCUT2D eigenvalue weighted by molar-refractivity contribution is 0.0964. The van der Waals surface area contributed by atoms with Gasteiger partial charge in [0.05, 0.1) is 22.8 Å². The number of nitrogens with one attached hydrogen (secondary N) is 1. The third-order valence-electron chi connectivity index (χ3n) is 6.22. The average Bonchev–Trinajstić information content (AvgIpc) is 3.16. The van der Waals surface area contributed by atoms with Crippen LogP contribution in [-0.4, -0.2) is 41.4 Å². The summed E-state index contributed by atoms with van der Waals surface area (Å²) in [6.45, 7) is 13.5. The molecule has 0 aliphatic carbocycles. The largest absolute Gasteiger partial charge is 0.294 e. The molecular formula is C28H37N3O4S. The van der Waals surface area contributed by atoms with Crippen molar-refractivity contribution < 1.29 is 13.2 Å². The molecule has 3 rings (SSSR count). The van der Waals surface area contributed by atoms with Gasteiger partial charge in [0.25, 0.3) is 5.56 Å². The van der Waals surface area contributed by atoms with Crippen molar-refractivity contribution in [3.05, 3.63) is 81.3 Å². The maximum Gasteiger partial charge on any atom is 0.282 e. The van der Waals surface area contributed by atoms with E-state index in [0.29, 0.717) is 17.8 Å². The molecule has 0 aliphatic heterocycles. The molecule has 0 amide bonds. The van der Waals surface area contributed by atoms with Crippen LogP contribution in [0.4, 0.5) is 0 Å². The second kappa shape index (κ2) is 10.6. The number of carbonyl (C=O) groups excluding carboxylic acids is 1. The van der Waals surface area contributed by atoms with Crippen molar-refractivity contribution in [2.75, 3.05) is 13.1 Å². The van der Waals surface area contributed by atoms with Crippen LogP contribution >= 0.6 is 0 Å². The van der Waals surface area contributed by atoms with Crippen molar-refractivity contribution in [1.82, 2.24) is 14.1 Å². The highest BCUT2D eigenvalue weighted by Crippen LogP contribution is 2.25. The number of hydrogen-bond donors (Lipinski definition) is 1. The molecule has 1 heterocycles. The Morgan fingerprint density at radius 2 is 1.61 bits per heavy atom. The molecule has 0 saturated heterocycles. The summed E-state index contributed by atoms with van der Waals surface area (Å²) in [5.74, 6) is -0.654. The molecule has 1 N–H and O–H groups in total. The van der Waals surface area contributed by atoms with Crippen LogP contribution in [0.1, 0.15) is 81.1 Å². The number of aromatic amines is 1. The average molecular weight is 512 g/mol. The van der Waals surface area contributed by atoms with Crippen molar-refractivity contribution in [3.8, 4) is 5.69 Å². The summed E-state index contributed by atoms with van der Waals surface area (Å²) >= 11 is 0. The zero-order valence-electron chi connectivity index (χ0n) is 22.3. The van der Waals surface area contributed by atoms with Crippen molar-refractivity contribution in [3.63, 3.8) is 0 Å². The van der Waals surface area contributed by atoms with E-state index in [1.807, 2.05) is 52.0 Å². The lowest BCUT2D eigenvalue weighted by Crippen LogP contribution is -2.38. The van der Waals surface area contributed by atoms with Crippen LogP contribution in [-0.2, 0) is 15.4 Å². The maximum atomic E-state index is 13.5. The van der Waals surface area contributed by atoms with Crippen molar-refractivity contribution in [2.45, 2.75) is 71.1 Å². The van der Waals surface area contributed by atoms with Crippen LogP contribution in [0.15, 0.2) is 58.2 Å². The summed E-state index contributed by atoms with van der Waals surface area (Å²) in [7, 11) is -3.93. The Kier molecular flexibility index (Phi) is 8.10. The fourth-order valence-corrected chi connectivity index (χ4v) is 5.55. The zero-order valence-corrected chi connectivity index (χ0v) is 23.1. The van der Waals surface area contributed by atoms with E-state index in [9.17, 15) is 18.0 Å². The summed E-state index contributed by atoms with van der Waals surface area (Å²) in [6.07, 6.45) is 0.532. The maximum absolute atomic E-state index is 13.5. The van der Waals surface area contributed by atoms with Crippen LogP contribution in [0.5, 0.6) is 0 Å². The number of nitrogens with zero attached hydrogens (tertiary/aromatic N) is 2. The fourth-order valence-electron chi connectivity index (χ4n) is 4.07. The van der Waals surface area contributed by atoms with Gasteiger partial charge in [0.2, 0.25) is 10.0 Å². The molecule has 194 valence electrons. The topological polar surface area (TPSA) is 92.2 Å². The van der Waals surface area contributed by atoms with Gasteiger partial charge < -0.3 is 0 Å². The lowest BCUT2D eigenvalue weighted by Gasteiger charge is -2.23. The molecule has 7 nitrogen and oxygen atoms in total. The Morgan fingerprint density at radius 3 is 2.11 bits per heavy atom. The first kappa shape index (κ1) is 27.6. The number of sulfonamides is 1. The van der Waals surface area contributed by atoms with Crippen LogP contribution < -0.4 is 5.56 Å². The number of rotatable bonds is 9. The van der Waals surface area contributed by atoms with Crippen molar-refractivity contribution in [2.24, 2.45) is 0 Å². The minimum atomic E-state index is -3.93. The normalized spacial score (nSPS) is 12.5. The van der Waals surface area contributed by atoms with Gasteiger partial charge in [0, 0.05) is 6.54 Å². The molecular weight excluding hydrogens is 474 g/mol. The molecule has 0 radical (unpaired) electrons. The van der Waals surface area contributed by atoms with Crippen molar-refractivity contribution in [1.29, 1.82) is 0 Å². The van der Waals surface area contributed by atoms with E-state index >= 15 is 0 Å². The van der Waals surface area contributed by atoms with E-state index in [1.165, 1.54) is 8.99 Å². The number of carbonyl (C=O) groups is 1. The van der Waals surface area contributed by atoms with E-state index in [2.05, 4.69) is 25.9 Å². The first-order chi connectivity index (χ1) is 16.8. The van der Waals surface area contributed by atoms with Gasteiger partial charge in [-0.3, -0.25) is 14.7 Å². The van der Waals surface area contributed by atoms with E-state index in [-0.39, 0.29) is 28.3 Å². The van der Waals surface area contributed by atoms with Gasteiger partial charge in [-0.25, -0.2) is 13.1 Å². The third kappa shape index (κ3) is 5.71. The third-order valence-corrected chi connectivity index (χ3v) is 8.08. The van der Waals surface area contributed by atoms with Gasteiger partial charge in [-0.05, 0) is 54.5 Å². The van der Waals surface area contributed by atoms with Gasteiger partial charge in [-0.2, -0.15) is 4.31 Å². The fraction of sp³-hybridized carbons (Fsp3) is 0.429. The molecule has 2 aromatic carbocycles. The van der Waals surface area contributed by atoms with E-state index in [1.54, 1.807) is 24.3 Å². The number of aromatic nitrogens is 2. The molecule has 0 aliphatic rings. The standard InChI is InChI=1S/C28H37N3O4S/c1-8-17-30(36(34,35)23-15-11-21(12-16-23)28(5,6)7)18-24(32)25-26(19(2)3)29-31(27(25)33)22-13-9-20(4)10-14-22/h9-16,19,29H,8,17-18H2,1-7H3. The molecule has 0 unspecified atom stereocenters. The number of benzene rings is 2. The SMILES string of the molecule is CCCN(CC(=O)c1c(C(C)C)[nH]n(-c2ccc(C)cc2)c1=O)S(=O)(=O)c1ccc(C(C)(C)C)cc1. The Morgan fingerprint density at radius 1 is 1.03 bits per heavy atom. The number of H-pyrrole nitrogens is 1. The Hall–Kier alpha value is -2.97. The highest BCUT2D eigenvalue weighted by Gasteiger charge is 2.30. The Bertz CT molecular complexity index is 1370. The van der Waals surface area contributed by atoms with Crippen LogP contribution in [0, 0.1) is 6.92 Å². The monoisotopic (exact) mass is 511 g/mol. The Labute approximate surface area is 214 Å². The Balaban J connectivity index is 1.99. The first-order valence-corrected chi connectivity index (χ1v) is 13.8. The summed E-state index contributed by atoms with van der Waals surface area (Å²) in [5, 5.41) is 3.08. The van der Waals surface area contributed by atoms with Gasteiger partial charge in [0.1, 0.15) is 5.56 Å². The van der Waals surface area contributed by atoms with Crippen LogP contribution in [0.3, 0.4) is 0 Å². The summed E-state index contributed by atoms with van der Waals surface area (Å²) in [5.41, 5.74) is 2.60. The van der Waals surface area contributed by atoms with E-state index in [0.717, 1.165) is 11.1 Å². The smallest absolute Gasteiger partial charge is 0.282 e. The van der Waals surface area contributed by atoms with Crippen LogP contribution in [0.2, 0.25) is 0 Å². The number of hydrogen-bond acceptors (Lipinski definition) is 4. The van der Waals surface area contributed by atoms with Gasteiger partial charge in [0.15, 0.2) is 5.78 Å². The summed E-state index contributed by atoms with van der Waals surface area (Å²) < 4.78 is 29.5. The predicted octanol–water partition coefficient (Wildman–Crippen LogP) is 5.18.